The van der Waals surface area contributed by atoms with Gasteiger partial charge in [0.25, 0.3) is 0 Å². The number of benzene rings is 1. The normalized spacial score (nSPS) is 12.0. The van der Waals surface area contributed by atoms with Gasteiger partial charge in [0.05, 0.1) is 6.04 Å². The Kier molecular flexibility index (Phi) is 20.7. The van der Waals surface area contributed by atoms with E-state index >= 15 is 0 Å². The minimum Gasteiger partial charge on any atom is -0.359 e. The van der Waals surface area contributed by atoms with Crippen molar-refractivity contribution in [3.05, 3.63) is 57.2 Å². The molecule has 1 aromatic rings. The van der Waals surface area contributed by atoms with Gasteiger partial charge >= 0.3 is 51.4 Å². The molecule has 0 saturated carbocycles. The summed E-state index contributed by atoms with van der Waals surface area (Å²) >= 11 is 0. The fraction of sp³-hybridized carbons (Fsp3) is 0.364. The average molecular weight is 442 g/mol. The van der Waals surface area contributed by atoms with Crippen molar-refractivity contribution in [1.82, 2.24) is 10.2 Å². The van der Waals surface area contributed by atoms with Crippen LogP contribution in [0.5, 0.6) is 0 Å². The molecule has 0 radical (unpaired) electrons. The van der Waals surface area contributed by atoms with Crippen molar-refractivity contribution >= 4 is 30.3 Å². The first-order valence-corrected chi connectivity index (χ1v) is 8.79. The standard InChI is InChI=1S/C14H13N2O4.C6H11O.2CH3.K/c1-15-12(18)7-6-9(8-17)16-13(19)10-4-2-3-5-11(10)14(16)20;1-2-3-4-5-6-7;;;/h2-4,8-9H,6-7H2,1H3,(H,15,18);6H,1-5H2;2*1H3;/q4*-1;+1. The van der Waals surface area contributed by atoms with E-state index in [1.165, 1.54) is 19.2 Å². The van der Waals surface area contributed by atoms with Crippen LogP contribution < -0.4 is 56.7 Å². The summed E-state index contributed by atoms with van der Waals surface area (Å²) in [6.07, 6.45) is 5.39. The van der Waals surface area contributed by atoms with Crippen molar-refractivity contribution < 1.29 is 75.4 Å². The summed E-state index contributed by atoms with van der Waals surface area (Å²) in [7, 11) is 1.48. The molecule has 3 amide bonds. The number of unbranched alkanes of at least 4 members (excludes halogenated alkanes) is 3. The maximum atomic E-state index is 12.1. The van der Waals surface area contributed by atoms with Crippen LogP contribution in [0.15, 0.2) is 18.2 Å². The minimum atomic E-state index is -0.937. The minimum absolute atomic E-state index is 0. The summed E-state index contributed by atoms with van der Waals surface area (Å²) in [6.45, 7) is 3.64. The van der Waals surface area contributed by atoms with Crippen molar-refractivity contribution in [2.75, 3.05) is 7.05 Å². The third kappa shape index (κ3) is 9.74. The predicted molar refractivity (Wildman–Crippen MR) is 112 cm³/mol. The first-order chi connectivity index (χ1) is 13.0. The zero-order valence-electron chi connectivity index (χ0n) is 18.4. The Morgan fingerprint density at radius 1 is 1.23 bits per heavy atom. The van der Waals surface area contributed by atoms with Gasteiger partial charge in [0.15, 0.2) is 5.91 Å². The molecule has 30 heavy (non-hydrogen) atoms. The first-order valence-electron chi connectivity index (χ1n) is 8.79. The van der Waals surface area contributed by atoms with E-state index in [0.717, 1.165) is 30.4 Å². The molecule has 1 atom stereocenters. The van der Waals surface area contributed by atoms with E-state index in [1.54, 1.807) is 6.07 Å². The summed E-state index contributed by atoms with van der Waals surface area (Å²) in [5, 5.41) is 2.43. The molecule has 2 rings (SSSR count). The molecule has 162 valence electrons. The van der Waals surface area contributed by atoms with Crippen LogP contribution in [0.1, 0.15) is 59.2 Å². The molecular weight excluding hydrogens is 411 g/mol. The molecule has 1 aromatic carbocycles. The molecule has 0 aromatic heterocycles. The van der Waals surface area contributed by atoms with Gasteiger partial charge in [0.1, 0.15) is 12.6 Å². The van der Waals surface area contributed by atoms with E-state index in [-0.39, 0.29) is 96.1 Å². The second-order valence-electron chi connectivity index (χ2n) is 5.87. The maximum Gasteiger partial charge on any atom is 1.00 e. The number of hydrogen-bond acceptors (Lipinski definition) is 5. The van der Waals surface area contributed by atoms with Crippen LogP contribution in [0.3, 0.4) is 0 Å². The van der Waals surface area contributed by atoms with E-state index in [1.807, 2.05) is 0 Å². The molecule has 1 aliphatic rings. The number of hydrogen-bond donors (Lipinski definition) is 1. The van der Waals surface area contributed by atoms with Gasteiger partial charge in [-0.15, -0.1) is 24.3 Å². The monoisotopic (exact) mass is 441 g/mol. The molecule has 0 spiro atoms. The SMILES string of the molecule is CNC(=O)CCC(C=O)N1C(=O)c2[c-]cccc2C1=O.[CH2-]CCCCC=O.[CH3-].[CH3-].[K+]. The molecular formula is C22H30KN2O5-3. The Bertz CT molecular complexity index is 659. The Balaban J connectivity index is -0.000000637. The number of nitrogens with one attached hydrogen (secondary N) is 1. The van der Waals surface area contributed by atoms with Crippen LogP contribution in [0, 0.1) is 27.8 Å². The van der Waals surface area contributed by atoms with Crippen LogP contribution in [0.4, 0.5) is 0 Å². The molecule has 1 heterocycles. The topological polar surface area (TPSA) is 101 Å². The number of carbonyl (C=O) groups is 5. The van der Waals surface area contributed by atoms with Crippen molar-refractivity contribution in [1.29, 1.82) is 0 Å². The first kappa shape index (κ1) is 33.4. The molecule has 0 fully saturated rings. The van der Waals surface area contributed by atoms with Gasteiger partial charge in [-0.3, -0.25) is 9.59 Å². The van der Waals surface area contributed by atoms with E-state index in [4.69, 9.17) is 0 Å². The van der Waals surface area contributed by atoms with Gasteiger partial charge in [-0.1, -0.05) is 12.0 Å². The van der Waals surface area contributed by atoms with Crippen molar-refractivity contribution in [3.8, 4) is 0 Å². The number of nitrogens with zero attached hydrogens (tertiary/aromatic N) is 1. The van der Waals surface area contributed by atoms with Gasteiger partial charge in [-0.25, -0.2) is 0 Å². The van der Waals surface area contributed by atoms with Gasteiger partial charge in [0, 0.05) is 19.9 Å². The fourth-order valence-electron chi connectivity index (χ4n) is 2.50. The second kappa shape index (κ2) is 18.6. The van der Waals surface area contributed by atoms with Gasteiger partial charge in [-0.05, 0) is 18.4 Å². The van der Waals surface area contributed by atoms with Crippen molar-refractivity contribution in [2.45, 2.75) is 44.6 Å². The molecule has 0 saturated heterocycles. The number of aldehydes is 2. The fourth-order valence-corrected chi connectivity index (χ4v) is 2.50. The number of imide groups is 1. The molecule has 8 heteroatoms. The summed E-state index contributed by atoms with van der Waals surface area (Å²) < 4.78 is 0. The summed E-state index contributed by atoms with van der Waals surface area (Å²) in [4.78, 5) is 57.2. The van der Waals surface area contributed by atoms with E-state index in [2.05, 4.69) is 18.3 Å². The average Bonchev–Trinajstić information content (AvgIpc) is 2.95. The third-order valence-electron chi connectivity index (χ3n) is 3.99. The smallest absolute Gasteiger partial charge is 0.359 e. The molecule has 1 aliphatic heterocycles. The molecule has 0 aliphatic carbocycles. The second-order valence-corrected chi connectivity index (χ2v) is 5.87. The Labute approximate surface area is 222 Å². The van der Waals surface area contributed by atoms with Crippen LogP contribution in [-0.4, -0.2) is 48.3 Å². The summed E-state index contributed by atoms with van der Waals surface area (Å²) in [5.41, 5.74) is 0.411. The van der Waals surface area contributed by atoms with Gasteiger partial charge in [-0.2, -0.15) is 6.42 Å². The molecule has 0 bridgehead atoms. The van der Waals surface area contributed by atoms with Crippen LogP contribution in [0.2, 0.25) is 0 Å². The van der Waals surface area contributed by atoms with Crippen molar-refractivity contribution in [3.63, 3.8) is 0 Å². The van der Waals surface area contributed by atoms with E-state index in [0.29, 0.717) is 12.7 Å². The number of rotatable bonds is 9. The zero-order valence-corrected chi connectivity index (χ0v) is 21.5. The number of amides is 3. The van der Waals surface area contributed by atoms with Crippen LogP contribution in [0.25, 0.3) is 0 Å². The summed E-state index contributed by atoms with van der Waals surface area (Å²) in [6, 6.07) is 6.43. The third-order valence-corrected chi connectivity index (χ3v) is 3.99. The summed E-state index contributed by atoms with van der Waals surface area (Å²) in [5.74, 6) is -1.31. The zero-order chi connectivity index (χ0) is 20.2. The van der Waals surface area contributed by atoms with Crippen LogP contribution >= 0.6 is 0 Å². The van der Waals surface area contributed by atoms with E-state index < -0.39 is 17.9 Å². The van der Waals surface area contributed by atoms with Crippen LogP contribution in [-0.2, 0) is 14.4 Å². The molecule has 1 N–H and O–H groups in total. The largest absolute Gasteiger partial charge is 1.00 e. The number of carbonyl (C=O) groups excluding carboxylic acids is 5. The molecule has 7 nitrogen and oxygen atoms in total. The van der Waals surface area contributed by atoms with E-state index in [9.17, 15) is 24.0 Å². The molecule has 1 unspecified atom stereocenters. The van der Waals surface area contributed by atoms with Crippen molar-refractivity contribution in [2.24, 2.45) is 0 Å². The number of fused-ring (bicyclic) bond motifs is 1. The van der Waals surface area contributed by atoms with Gasteiger partial charge in [0.2, 0.25) is 11.8 Å². The Hall–Kier alpha value is -1.19. The quantitative estimate of drug-likeness (QED) is 0.186. The Morgan fingerprint density at radius 2 is 1.90 bits per heavy atom. The Morgan fingerprint density at radius 3 is 2.40 bits per heavy atom. The van der Waals surface area contributed by atoms with Gasteiger partial charge < -0.3 is 46.4 Å². The maximum absolute atomic E-state index is 12.1. The predicted octanol–water partition coefficient (Wildman–Crippen LogP) is -0.339.